The summed E-state index contributed by atoms with van der Waals surface area (Å²) in [7, 11) is 0. The van der Waals surface area contributed by atoms with Gasteiger partial charge in [0.15, 0.2) is 0 Å². The number of carbonyl (C=O) groups is 2. The van der Waals surface area contributed by atoms with Gasteiger partial charge in [-0.3, -0.25) is 9.59 Å². The highest BCUT2D eigenvalue weighted by molar-refractivity contribution is 9.10. The fourth-order valence-corrected chi connectivity index (χ4v) is 2.07. The first-order valence-corrected chi connectivity index (χ1v) is 6.76. The standard InChI is InChI=1S/C13H14BrNO4/c14-10-4-3-9(5-11(10)16)13(19)15(7-12(17)18)6-8-1-2-8/h3-5,8,16H,1-2,6-7H2,(H,17,18). The van der Waals surface area contributed by atoms with Crippen molar-refractivity contribution in [3.63, 3.8) is 0 Å². The highest BCUT2D eigenvalue weighted by Gasteiger charge is 2.28. The zero-order valence-electron chi connectivity index (χ0n) is 10.2. The van der Waals surface area contributed by atoms with Crippen molar-refractivity contribution in [2.45, 2.75) is 12.8 Å². The van der Waals surface area contributed by atoms with E-state index in [1.807, 2.05) is 0 Å². The lowest BCUT2D eigenvalue weighted by Gasteiger charge is -2.20. The molecule has 1 aliphatic carbocycles. The number of hydrogen-bond acceptors (Lipinski definition) is 3. The third kappa shape index (κ3) is 3.70. The second-order valence-electron chi connectivity index (χ2n) is 4.69. The topological polar surface area (TPSA) is 77.8 Å². The highest BCUT2D eigenvalue weighted by atomic mass is 79.9. The lowest BCUT2D eigenvalue weighted by atomic mass is 10.2. The summed E-state index contributed by atoms with van der Waals surface area (Å²) in [5.74, 6) is -1.02. The number of aliphatic carboxylic acids is 1. The molecule has 6 heteroatoms. The maximum Gasteiger partial charge on any atom is 0.323 e. The van der Waals surface area contributed by atoms with Crippen molar-refractivity contribution < 1.29 is 19.8 Å². The molecule has 0 aromatic heterocycles. The van der Waals surface area contributed by atoms with Crippen LogP contribution < -0.4 is 0 Å². The van der Waals surface area contributed by atoms with Gasteiger partial charge < -0.3 is 15.1 Å². The summed E-state index contributed by atoms with van der Waals surface area (Å²) in [6.07, 6.45) is 2.07. The van der Waals surface area contributed by atoms with Gasteiger partial charge in [0.25, 0.3) is 5.91 Å². The van der Waals surface area contributed by atoms with Crippen molar-refractivity contribution in [1.82, 2.24) is 4.90 Å². The molecule has 0 radical (unpaired) electrons. The molecule has 19 heavy (non-hydrogen) atoms. The Balaban J connectivity index is 2.16. The lowest BCUT2D eigenvalue weighted by molar-refractivity contribution is -0.137. The van der Waals surface area contributed by atoms with E-state index < -0.39 is 5.97 Å². The minimum absolute atomic E-state index is 0.0347. The number of nitrogens with zero attached hydrogens (tertiary/aromatic N) is 1. The zero-order valence-corrected chi connectivity index (χ0v) is 11.8. The summed E-state index contributed by atoms with van der Waals surface area (Å²) in [6.45, 7) is 0.147. The van der Waals surface area contributed by atoms with Crippen molar-refractivity contribution in [3.8, 4) is 5.75 Å². The number of hydrogen-bond donors (Lipinski definition) is 2. The molecule has 0 spiro atoms. The Labute approximate surface area is 119 Å². The number of phenolic OH excluding ortho intramolecular Hbond substituents is 1. The van der Waals surface area contributed by atoms with E-state index in [2.05, 4.69) is 15.9 Å². The number of benzene rings is 1. The van der Waals surface area contributed by atoms with Gasteiger partial charge in [-0.05, 0) is 52.9 Å². The summed E-state index contributed by atoms with van der Waals surface area (Å²) < 4.78 is 0.496. The minimum atomic E-state index is -1.03. The van der Waals surface area contributed by atoms with Crippen LogP contribution in [0.15, 0.2) is 22.7 Å². The van der Waals surface area contributed by atoms with Gasteiger partial charge in [-0.15, -0.1) is 0 Å². The molecule has 0 saturated heterocycles. The predicted molar refractivity (Wildman–Crippen MR) is 72.1 cm³/mol. The molecule has 102 valence electrons. The number of phenols is 1. The van der Waals surface area contributed by atoms with Crippen LogP contribution in [0.3, 0.4) is 0 Å². The number of halogens is 1. The molecule has 1 saturated carbocycles. The Morgan fingerprint density at radius 2 is 2.05 bits per heavy atom. The van der Waals surface area contributed by atoms with Crippen molar-refractivity contribution in [2.75, 3.05) is 13.1 Å². The van der Waals surface area contributed by atoms with Gasteiger partial charge in [0.05, 0.1) is 4.47 Å². The Bertz CT molecular complexity index is 513. The molecule has 1 aliphatic rings. The van der Waals surface area contributed by atoms with E-state index in [4.69, 9.17) is 5.11 Å². The molecular weight excluding hydrogens is 314 g/mol. The quantitative estimate of drug-likeness (QED) is 0.868. The molecule has 0 bridgehead atoms. The fraction of sp³-hybridized carbons (Fsp3) is 0.385. The summed E-state index contributed by atoms with van der Waals surface area (Å²) in [6, 6.07) is 4.47. The van der Waals surface area contributed by atoms with Crippen molar-refractivity contribution in [3.05, 3.63) is 28.2 Å². The Morgan fingerprint density at radius 1 is 1.37 bits per heavy atom. The summed E-state index contributed by atoms with van der Waals surface area (Å²) in [4.78, 5) is 24.4. The Morgan fingerprint density at radius 3 is 2.58 bits per heavy atom. The molecule has 0 heterocycles. The fourth-order valence-electron chi connectivity index (χ4n) is 1.82. The summed E-state index contributed by atoms with van der Waals surface area (Å²) in [5, 5.41) is 18.4. The molecule has 2 rings (SSSR count). The van der Waals surface area contributed by atoms with Crippen LogP contribution in [-0.2, 0) is 4.79 Å². The first-order chi connectivity index (χ1) is 8.97. The largest absolute Gasteiger partial charge is 0.507 e. The minimum Gasteiger partial charge on any atom is -0.507 e. The van der Waals surface area contributed by atoms with E-state index in [0.29, 0.717) is 22.5 Å². The number of carbonyl (C=O) groups excluding carboxylic acids is 1. The van der Waals surface area contributed by atoms with Crippen LogP contribution in [0.2, 0.25) is 0 Å². The molecule has 1 amide bonds. The number of carboxylic acids is 1. The first kappa shape index (κ1) is 13.9. The molecule has 0 unspecified atom stereocenters. The second-order valence-corrected chi connectivity index (χ2v) is 5.54. The molecule has 1 aromatic carbocycles. The van der Waals surface area contributed by atoms with Gasteiger partial charge in [-0.2, -0.15) is 0 Å². The summed E-state index contributed by atoms with van der Waals surface area (Å²) >= 11 is 3.14. The van der Waals surface area contributed by atoms with Crippen molar-refractivity contribution in [2.24, 2.45) is 5.92 Å². The average Bonchev–Trinajstić information content (AvgIpc) is 3.14. The normalized spacial score (nSPS) is 14.2. The van der Waals surface area contributed by atoms with Gasteiger partial charge in [-0.1, -0.05) is 0 Å². The molecule has 2 N–H and O–H groups in total. The average molecular weight is 328 g/mol. The third-order valence-electron chi connectivity index (χ3n) is 2.98. The maximum atomic E-state index is 12.2. The monoisotopic (exact) mass is 327 g/mol. The third-order valence-corrected chi connectivity index (χ3v) is 3.65. The number of rotatable bonds is 5. The van der Waals surface area contributed by atoms with Gasteiger partial charge in [-0.25, -0.2) is 0 Å². The SMILES string of the molecule is O=C(O)CN(CC1CC1)C(=O)c1ccc(Br)c(O)c1. The number of carboxylic acid groups (broad SMARTS) is 1. The van der Waals surface area contributed by atoms with E-state index in [1.54, 1.807) is 12.1 Å². The Hall–Kier alpha value is -1.56. The number of amides is 1. The van der Waals surface area contributed by atoms with Crippen LogP contribution in [0.1, 0.15) is 23.2 Å². The van der Waals surface area contributed by atoms with Crippen LogP contribution in [0, 0.1) is 5.92 Å². The molecule has 0 aliphatic heterocycles. The molecule has 0 atom stereocenters. The van der Waals surface area contributed by atoms with Gasteiger partial charge in [0, 0.05) is 12.1 Å². The van der Waals surface area contributed by atoms with E-state index in [1.165, 1.54) is 11.0 Å². The van der Waals surface area contributed by atoms with E-state index in [-0.39, 0.29) is 18.2 Å². The summed E-state index contributed by atoms with van der Waals surface area (Å²) in [5.41, 5.74) is 0.294. The molecular formula is C13H14BrNO4. The van der Waals surface area contributed by atoms with E-state index in [0.717, 1.165) is 12.8 Å². The van der Waals surface area contributed by atoms with Crippen molar-refractivity contribution in [1.29, 1.82) is 0 Å². The first-order valence-electron chi connectivity index (χ1n) is 5.97. The maximum absolute atomic E-state index is 12.2. The van der Waals surface area contributed by atoms with Crippen LogP contribution in [0.25, 0.3) is 0 Å². The highest BCUT2D eigenvalue weighted by Crippen LogP contribution is 2.30. The Kier molecular flexibility index (Phi) is 4.09. The molecule has 5 nitrogen and oxygen atoms in total. The zero-order chi connectivity index (χ0) is 14.0. The molecule has 1 fully saturated rings. The molecule has 1 aromatic rings. The van der Waals surface area contributed by atoms with Crippen LogP contribution >= 0.6 is 15.9 Å². The predicted octanol–water partition coefficient (Wildman–Crippen LogP) is 2.09. The van der Waals surface area contributed by atoms with Gasteiger partial charge in [0.2, 0.25) is 0 Å². The number of aromatic hydroxyl groups is 1. The van der Waals surface area contributed by atoms with Crippen LogP contribution in [-0.4, -0.2) is 40.1 Å². The van der Waals surface area contributed by atoms with Gasteiger partial charge >= 0.3 is 5.97 Å². The van der Waals surface area contributed by atoms with Crippen molar-refractivity contribution >= 4 is 27.8 Å². The van der Waals surface area contributed by atoms with Gasteiger partial charge in [0.1, 0.15) is 12.3 Å². The van der Waals surface area contributed by atoms with E-state index >= 15 is 0 Å². The van der Waals surface area contributed by atoms with Crippen LogP contribution in [0.5, 0.6) is 5.75 Å². The lowest BCUT2D eigenvalue weighted by Crippen LogP contribution is -2.37. The smallest absolute Gasteiger partial charge is 0.323 e. The van der Waals surface area contributed by atoms with Crippen LogP contribution in [0.4, 0.5) is 0 Å². The van der Waals surface area contributed by atoms with E-state index in [9.17, 15) is 14.7 Å². The second kappa shape index (κ2) is 5.61.